The van der Waals surface area contributed by atoms with Gasteiger partial charge in [-0.05, 0) is 26.7 Å². The van der Waals surface area contributed by atoms with E-state index in [-0.39, 0.29) is 5.92 Å². The van der Waals surface area contributed by atoms with Crippen molar-refractivity contribution in [3.8, 4) is 0 Å². The van der Waals surface area contributed by atoms with Crippen LogP contribution in [0.4, 0.5) is 0 Å². The fraction of sp³-hybridized carbons (Fsp3) is 0.909. The maximum atomic E-state index is 10.7. The molecule has 0 aromatic rings. The molecule has 2 aliphatic rings. The lowest BCUT2D eigenvalue weighted by atomic mass is 9.91. The van der Waals surface area contributed by atoms with Gasteiger partial charge in [0.15, 0.2) is 0 Å². The van der Waals surface area contributed by atoms with Crippen LogP contribution < -0.4 is 0 Å². The van der Waals surface area contributed by atoms with Crippen molar-refractivity contribution in [2.75, 3.05) is 13.1 Å². The summed E-state index contributed by atoms with van der Waals surface area (Å²) in [7, 11) is 0. The summed E-state index contributed by atoms with van der Waals surface area (Å²) >= 11 is 0. The van der Waals surface area contributed by atoms with Crippen LogP contribution in [0.3, 0.4) is 0 Å². The lowest BCUT2D eigenvalue weighted by Crippen LogP contribution is -2.57. The summed E-state index contributed by atoms with van der Waals surface area (Å²) in [6, 6.07) is 0.527. The van der Waals surface area contributed by atoms with Crippen LogP contribution in [0.15, 0.2) is 0 Å². The molecule has 0 radical (unpaired) electrons. The minimum Gasteiger partial charge on any atom is -0.481 e. The molecule has 0 spiro atoms. The van der Waals surface area contributed by atoms with Gasteiger partial charge in [0.1, 0.15) is 0 Å². The van der Waals surface area contributed by atoms with E-state index >= 15 is 0 Å². The Morgan fingerprint density at radius 2 is 1.80 bits per heavy atom. The third kappa shape index (κ3) is 2.32. The van der Waals surface area contributed by atoms with Crippen molar-refractivity contribution in [1.29, 1.82) is 0 Å². The maximum Gasteiger partial charge on any atom is 0.309 e. The predicted molar refractivity (Wildman–Crippen MR) is 55.7 cm³/mol. The van der Waals surface area contributed by atoms with E-state index in [1.54, 1.807) is 0 Å². The number of carbonyl (C=O) groups is 1. The van der Waals surface area contributed by atoms with E-state index in [4.69, 9.17) is 9.84 Å². The SMILES string of the molecule is CC1CC(N2CC(C(=O)O)C2)CC(C)O1. The highest BCUT2D eigenvalue weighted by atomic mass is 16.5. The first-order chi connectivity index (χ1) is 7.06. The van der Waals surface area contributed by atoms with Crippen LogP contribution in [0.2, 0.25) is 0 Å². The Kier molecular flexibility index (Phi) is 2.98. The van der Waals surface area contributed by atoms with Gasteiger partial charge in [0.25, 0.3) is 0 Å². The quantitative estimate of drug-likeness (QED) is 0.742. The Hall–Kier alpha value is -0.610. The number of rotatable bonds is 2. The molecule has 2 rings (SSSR count). The molecule has 2 heterocycles. The molecular weight excluding hydrogens is 194 g/mol. The summed E-state index contributed by atoms with van der Waals surface area (Å²) in [5.41, 5.74) is 0. The minimum atomic E-state index is -0.653. The smallest absolute Gasteiger partial charge is 0.309 e. The van der Waals surface area contributed by atoms with Gasteiger partial charge in [-0.3, -0.25) is 9.69 Å². The number of hydrogen-bond donors (Lipinski definition) is 1. The summed E-state index contributed by atoms with van der Waals surface area (Å²) in [6.07, 6.45) is 2.69. The largest absolute Gasteiger partial charge is 0.481 e. The zero-order valence-corrected chi connectivity index (χ0v) is 9.35. The molecule has 2 unspecified atom stereocenters. The molecule has 4 nitrogen and oxygen atoms in total. The summed E-state index contributed by atoms with van der Waals surface area (Å²) in [4.78, 5) is 13.0. The third-order valence-electron chi connectivity index (χ3n) is 3.45. The Morgan fingerprint density at radius 3 is 2.27 bits per heavy atom. The fourth-order valence-corrected chi connectivity index (χ4v) is 2.64. The van der Waals surface area contributed by atoms with Crippen LogP contribution in [0.5, 0.6) is 0 Å². The number of carboxylic acid groups (broad SMARTS) is 1. The number of hydrogen-bond acceptors (Lipinski definition) is 3. The summed E-state index contributed by atoms with van der Waals surface area (Å²) in [5.74, 6) is -0.794. The zero-order valence-electron chi connectivity index (χ0n) is 9.35. The molecular formula is C11H19NO3. The van der Waals surface area contributed by atoms with Crippen LogP contribution in [0.25, 0.3) is 0 Å². The van der Waals surface area contributed by atoms with Gasteiger partial charge in [0.05, 0.1) is 18.1 Å². The van der Waals surface area contributed by atoms with E-state index < -0.39 is 5.97 Å². The first-order valence-corrected chi connectivity index (χ1v) is 5.68. The monoisotopic (exact) mass is 213 g/mol. The van der Waals surface area contributed by atoms with Crippen molar-refractivity contribution < 1.29 is 14.6 Å². The molecule has 0 aliphatic carbocycles. The molecule has 2 saturated heterocycles. The Bertz CT molecular complexity index is 240. The maximum absolute atomic E-state index is 10.7. The lowest BCUT2D eigenvalue weighted by molar-refractivity contribution is -0.151. The molecule has 0 aromatic heterocycles. The average Bonchev–Trinajstić information content (AvgIpc) is 1.97. The van der Waals surface area contributed by atoms with E-state index in [1.165, 1.54) is 0 Å². The zero-order chi connectivity index (χ0) is 11.0. The normalized spacial score (nSPS) is 38.7. The Labute approximate surface area is 90.2 Å². The van der Waals surface area contributed by atoms with Gasteiger partial charge in [-0.2, -0.15) is 0 Å². The molecule has 2 fully saturated rings. The van der Waals surface area contributed by atoms with E-state index in [0.29, 0.717) is 18.2 Å². The topological polar surface area (TPSA) is 49.8 Å². The fourth-order valence-electron chi connectivity index (χ4n) is 2.64. The number of likely N-dealkylation sites (tertiary alicyclic amines) is 1. The van der Waals surface area contributed by atoms with Crippen molar-refractivity contribution in [2.24, 2.45) is 5.92 Å². The molecule has 2 aliphatic heterocycles. The molecule has 2 atom stereocenters. The minimum absolute atomic E-state index is 0.140. The van der Waals surface area contributed by atoms with Crippen LogP contribution in [0.1, 0.15) is 26.7 Å². The molecule has 0 saturated carbocycles. The standard InChI is InChI=1S/C11H19NO3/c1-7-3-10(4-8(2)15-7)12-5-9(6-12)11(13)14/h7-10H,3-6H2,1-2H3,(H,13,14). The van der Waals surface area contributed by atoms with Gasteiger partial charge >= 0.3 is 5.97 Å². The Balaban J connectivity index is 1.83. The first-order valence-electron chi connectivity index (χ1n) is 5.68. The van der Waals surface area contributed by atoms with Gasteiger partial charge in [-0.15, -0.1) is 0 Å². The van der Waals surface area contributed by atoms with Gasteiger partial charge in [0.2, 0.25) is 0 Å². The molecule has 1 N–H and O–H groups in total. The predicted octanol–water partition coefficient (Wildman–Crippen LogP) is 0.959. The summed E-state index contributed by atoms with van der Waals surface area (Å²) < 4.78 is 5.67. The molecule has 0 bridgehead atoms. The second-order valence-electron chi connectivity index (χ2n) is 4.87. The number of ether oxygens (including phenoxy) is 1. The summed E-state index contributed by atoms with van der Waals surface area (Å²) in [6.45, 7) is 5.63. The highest BCUT2D eigenvalue weighted by Gasteiger charge is 2.39. The van der Waals surface area contributed by atoms with Crippen LogP contribution in [-0.4, -0.2) is 47.3 Å². The van der Waals surface area contributed by atoms with Crippen molar-refractivity contribution in [3.63, 3.8) is 0 Å². The van der Waals surface area contributed by atoms with Crippen LogP contribution in [-0.2, 0) is 9.53 Å². The second kappa shape index (κ2) is 4.10. The van der Waals surface area contributed by atoms with Crippen molar-refractivity contribution in [1.82, 2.24) is 4.90 Å². The van der Waals surface area contributed by atoms with Gasteiger partial charge in [0, 0.05) is 19.1 Å². The molecule has 15 heavy (non-hydrogen) atoms. The first kappa shape index (κ1) is 10.9. The number of aliphatic carboxylic acids is 1. The van der Waals surface area contributed by atoms with Crippen molar-refractivity contribution in [3.05, 3.63) is 0 Å². The highest BCUT2D eigenvalue weighted by molar-refractivity contribution is 5.71. The number of nitrogens with zero attached hydrogens (tertiary/aromatic N) is 1. The van der Waals surface area contributed by atoms with Crippen LogP contribution >= 0.6 is 0 Å². The molecule has 0 amide bonds. The van der Waals surface area contributed by atoms with E-state index in [9.17, 15) is 4.79 Å². The number of carboxylic acids is 1. The second-order valence-corrected chi connectivity index (χ2v) is 4.87. The lowest BCUT2D eigenvalue weighted by Gasteiger charge is -2.46. The highest BCUT2D eigenvalue weighted by Crippen LogP contribution is 2.28. The summed E-state index contributed by atoms with van der Waals surface area (Å²) in [5, 5.41) is 8.80. The third-order valence-corrected chi connectivity index (χ3v) is 3.45. The van der Waals surface area contributed by atoms with E-state index in [1.807, 2.05) is 0 Å². The van der Waals surface area contributed by atoms with E-state index in [0.717, 1.165) is 25.9 Å². The van der Waals surface area contributed by atoms with Gasteiger partial charge in [-0.1, -0.05) is 0 Å². The van der Waals surface area contributed by atoms with Crippen LogP contribution in [0, 0.1) is 5.92 Å². The van der Waals surface area contributed by atoms with Gasteiger partial charge < -0.3 is 9.84 Å². The molecule has 4 heteroatoms. The molecule has 86 valence electrons. The average molecular weight is 213 g/mol. The van der Waals surface area contributed by atoms with E-state index in [2.05, 4.69) is 18.7 Å². The Morgan fingerprint density at radius 1 is 1.27 bits per heavy atom. The van der Waals surface area contributed by atoms with Gasteiger partial charge in [-0.25, -0.2) is 0 Å². The van der Waals surface area contributed by atoms with Crippen molar-refractivity contribution >= 4 is 5.97 Å². The van der Waals surface area contributed by atoms with Crippen molar-refractivity contribution in [2.45, 2.75) is 44.9 Å². The molecule has 0 aromatic carbocycles.